The van der Waals surface area contributed by atoms with E-state index >= 15 is 0 Å². The van der Waals surface area contributed by atoms with Gasteiger partial charge in [-0.05, 0) is 13.2 Å². The zero-order valence-corrected chi connectivity index (χ0v) is 12.4. The SMILES string of the molecule is CCOC(=O)CSc1nnc(NC(=O)CSC)s1. The lowest BCUT2D eigenvalue weighted by Gasteiger charge is -1.98. The van der Waals surface area contributed by atoms with Gasteiger partial charge in [0, 0.05) is 0 Å². The first-order chi connectivity index (χ1) is 8.65. The number of hydrogen-bond acceptors (Lipinski definition) is 8. The third-order valence-corrected chi connectivity index (χ3v) is 4.04. The van der Waals surface area contributed by atoms with Crippen molar-refractivity contribution in [3.8, 4) is 0 Å². The van der Waals surface area contributed by atoms with Gasteiger partial charge in [0.1, 0.15) is 0 Å². The van der Waals surface area contributed by atoms with Crippen LogP contribution in [0.3, 0.4) is 0 Å². The first-order valence-corrected chi connectivity index (χ1v) is 8.26. The molecule has 0 aromatic carbocycles. The van der Waals surface area contributed by atoms with Crippen molar-refractivity contribution in [1.29, 1.82) is 0 Å². The van der Waals surface area contributed by atoms with Gasteiger partial charge in [0.05, 0.1) is 18.1 Å². The van der Waals surface area contributed by atoms with Crippen LogP contribution < -0.4 is 5.32 Å². The van der Waals surface area contributed by atoms with Crippen LogP contribution in [0.2, 0.25) is 0 Å². The predicted molar refractivity (Wildman–Crippen MR) is 74.3 cm³/mol. The number of thioether (sulfide) groups is 2. The molecule has 6 nitrogen and oxygen atoms in total. The maximum Gasteiger partial charge on any atom is 0.316 e. The molecular formula is C9H13N3O3S3. The molecule has 0 radical (unpaired) electrons. The van der Waals surface area contributed by atoms with Gasteiger partial charge in [0.2, 0.25) is 11.0 Å². The smallest absolute Gasteiger partial charge is 0.316 e. The predicted octanol–water partition coefficient (Wildman–Crippen LogP) is 1.49. The van der Waals surface area contributed by atoms with E-state index in [-0.39, 0.29) is 17.6 Å². The molecule has 1 aromatic heterocycles. The molecule has 0 fully saturated rings. The van der Waals surface area contributed by atoms with Crippen molar-refractivity contribution in [3.05, 3.63) is 0 Å². The fourth-order valence-corrected chi connectivity index (χ4v) is 2.83. The molecule has 1 rings (SSSR count). The summed E-state index contributed by atoms with van der Waals surface area (Å²) in [5.74, 6) is 0.179. The van der Waals surface area contributed by atoms with Gasteiger partial charge in [0.25, 0.3) is 0 Å². The van der Waals surface area contributed by atoms with Crippen LogP contribution in [-0.4, -0.2) is 46.4 Å². The monoisotopic (exact) mass is 307 g/mol. The van der Waals surface area contributed by atoms with Crippen molar-refractivity contribution in [1.82, 2.24) is 10.2 Å². The van der Waals surface area contributed by atoms with Gasteiger partial charge in [-0.25, -0.2) is 0 Å². The molecule has 0 saturated carbocycles. The average Bonchev–Trinajstić information content (AvgIpc) is 2.75. The number of aromatic nitrogens is 2. The molecule has 0 spiro atoms. The maximum absolute atomic E-state index is 11.3. The zero-order valence-electron chi connectivity index (χ0n) is 9.97. The van der Waals surface area contributed by atoms with Crippen molar-refractivity contribution < 1.29 is 14.3 Å². The Morgan fingerprint density at radius 2 is 2.17 bits per heavy atom. The highest BCUT2D eigenvalue weighted by atomic mass is 32.2. The minimum absolute atomic E-state index is 0.111. The molecule has 0 saturated heterocycles. The second kappa shape index (κ2) is 8.33. The Hall–Kier alpha value is -0.800. The van der Waals surface area contributed by atoms with Gasteiger partial charge in [-0.1, -0.05) is 23.1 Å². The Labute approximate surface area is 117 Å². The highest BCUT2D eigenvalue weighted by Gasteiger charge is 2.10. The van der Waals surface area contributed by atoms with E-state index in [0.717, 1.165) is 0 Å². The van der Waals surface area contributed by atoms with Crippen LogP contribution in [0.25, 0.3) is 0 Å². The number of amides is 1. The summed E-state index contributed by atoms with van der Waals surface area (Å²) in [6.45, 7) is 2.12. The summed E-state index contributed by atoms with van der Waals surface area (Å²) in [5, 5.41) is 10.8. The number of carbonyl (C=O) groups is 2. The first kappa shape index (κ1) is 15.3. The van der Waals surface area contributed by atoms with Crippen molar-refractivity contribution in [2.75, 3.05) is 29.7 Å². The van der Waals surface area contributed by atoms with Crippen molar-refractivity contribution in [2.24, 2.45) is 0 Å². The fourth-order valence-electron chi connectivity index (χ4n) is 0.928. The molecule has 0 aliphatic rings. The fraction of sp³-hybridized carbons (Fsp3) is 0.556. The average molecular weight is 307 g/mol. The number of ether oxygens (including phenoxy) is 1. The zero-order chi connectivity index (χ0) is 13.4. The normalized spacial score (nSPS) is 10.1. The van der Waals surface area contributed by atoms with Crippen molar-refractivity contribution in [3.63, 3.8) is 0 Å². The standard InChI is InChI=1S/C9H13N3O3S3/c1-3-15-7(14)5-17-9-12-11-8(18-9)10-6(13)4-16-2/h3-5H2,1-2H3,(H,10,11,13). The van der Waals surface area contributed by atoms with E-state index in [2.05, 4.69) is 15.5 Å². The molecule has 100 valence electrons. The number of rotatable bonds is 7. The van der Waals surface area contributed by atoms with E-state index in [1.54, 1.807) is 6.92 Å². The number of nitrogens with one attached hydrogen (secondary N) is 1. The molecule has 0 aliphatic carbocycles. The molecule has 0 aliphatic heterocycles. The van der Waals surface area contributed by atoms with E-state index in [1.165, 1.54) is 34.9 Å². The van der Waals surface area contributed by atoms with Crippen LogP contribution in [-0.2, 0) is 14.3 Å². The summed E-state index contributed by atoms with van der Waals surface area (Å²) in [6.07, 6.45) is 1.85. The van der Waals surface area contributed by atoms with Crippen LogP contribution in [0.5, 0.6) is 0 Å². The molecule has 9 heteroatoms. The second-order valence-corrected chi connectivity index (χ2v) is 6.01. The first-order valence-electron chi connectivity index (χ1n) is 5.06. The Balaban J connectivity index is 2.38. The number of carbonyl (C=O) groups excluding carboxylic acids is 2. The molecule has 1 aromatic rings. The molecule has 1 amide bonds. The van der Waals surface area contributed by atoms with Crippen LogP contribution >= 0.6 is 34.9 Å². The lowest BCUT2D eigenvalue weighted by atomic mass is 10.7. The summed E-state index contributed by atoms with van der Waals surface area (Å²) < 4.78 is 5.42. The summed E-state index contributed by atoms with van der Waals surface area (Å²) in [6, 6.07) is 0. The van der Waals surface area contributed by atoms with Gasteiger partial charge >= 0.3 is 5.97 Å². The van der Waals surface area contributed by atoms with Crippen LogP contribution in [0.4, 0.5) is 5.13 Å². The minimum atomic E-state index is -0.286. The van der Waals surface area contributed by atoms with E-state index in [1.807, 2.05) is 6.26 Å². The molecule has 1 heterocycles. The summed E-state index contributed by atoms with van der Waals surface area (Å²) in [7, 11) is 0. The molecule has 1 N–H and O–H groups in total. The quantitative estimate of drug-likeness (QED) is 0.464. The Bertz CT molecular complexity index is 411. The summed E-state index contributed by atoms with van der Waals surface area (Å²) in [4.78, 5) is 22.4. The lowest BCUT2D eigenvalue weighted by molar-refractivity contribution is -0.139. The summed E-state index contributed by atoms with van der Waals surface area (Å²) >= 11 is 3.92. The molecule has 0 atom stereocenters. The van der Waals surface area contributed by atoms with Crippen LogP contribution in [0.1, 0.15) is 6.92 Å². The van der Waals surface area contributed by atoms with E-state index in [9.17, 15) is 9.59 Å². The Morgan fingerprint density at radius 1 is 1.39 bits per heavy atom. The third-order valence-electron chi connectivity index (χ3n) is 1.55. The Morgan fingerprint density at radius 3 is 2.83 bits per heavy atom. The lowest BCUT2D eigenvalue weighted by Crippen LogP contribution is -2.13. The Kier molecular flexibility index (Phi) is 7.06. The highest BCUT2D eigenvalue weighted by Crippen LogP contribution is 2.25. The van der Waals surface area contributed by atoms with E-state index < -0.39 is 0 Å². The van der Waals surface area contributed by atoms with Gasteiger partial charge in [-0.3, -0.25) is 14.9 Å². The largest absolute Gasteiger partial charge is 0.465 e. The maximum atomic E-state index is 11.3. The third kappa shape index (κ3) is 5.69. The van der Waals surface area contributed by atoms with Gasteiger partial charge < -0.3 is 4.74 Å². The second-order valence-electron chi connectivity index (χ2n) is 2.95. The van der Waals surface area contributed by atoms with Gasteiger partial charge in [-0.15, -0.1) is 10.2 Å². The number of hydrogen-bond donors (Lipinski definition) is 1. The van der Waals surface area contributed by atoms with Crippen molar-refractivity contribution >= 4 is 51.9 Å². The number of anilines is 1. The molecular weight excluding hydrogens is 294 g/mol. The van der Waals surface area contributed by atoms with Gasteiger partial charge in [0.15, 0.2) is 4.34 Å². The van der Waals surface area contributed by atoms with Gasteiger partial charge in [-0.2, -0.15) is 11.8 Å². The number of esters is 1. The summed E-state index contributed by atoms with van der Waals surface area (Å²) in [5.41, 5.74) is 0. The minimum Gasteiger partial charge on any atom is -0.465 e. The topological polar surface area (TPSA) is 81.2 Å². The highest BCUT2D eigenvalue weighted by molar-refractivity contribution is 8.01. The van der Waals surface area contributed by atoms with E-state index in [0.29, 0.717) is 21.8 Å². The molecule has 0 unspecified atom stereocenters. The van der Waals surface area contributed by atoms with Crippen LogP contribution in [0.15, 0.2) is 4.34 Å². The van der Waals surface area contributed by atoms with Crippen molar-refractivity contribution in [2.45, 2.75) is 11.3 Å². The van der Waals surface area contributed by atoms with E-state index in [4.69, 9.17) is 4.74 Å². The number of nitrogens with zero attached hydrogens (tertiary/aromatic N) is 2. The molecule has 0 bridgehead atoms. The molecule has 18 heavy (non-hydrogen) atoms. The van der Waals surface area contributed by atoms with Crippen LogP contribution in [0, 0.1) is 0 Å².